The van der Waals surface area contributed by atoms with Gasteiger partial charge in [-0.1, -0.05) is 18.2 Å². The third-order valence-corrected chi connectivity index (χ3v) is 5.55. The van der Waals surface area contributed by atoms with Crippen LogP contribution in [0.5, 0.6) is 11.5 Å². The minimum absolute atomic E-state index is 0.0643. The number of aryl methyl sites for hydroxylation is 1. The molecule has 0 unspecified atom stereocenters. The number of para-hydroxylation sites is 1. The Morgan fingerprint density at radius 1 is 0.853 bits per heavy atom. The molecule has 0 atom stereocenters. The average Bonchev–Trinajstić information content (AvgIpc) is 3.13. The molecule has 0 saturated carbocycles. The van der Waals surface area contributed by atoms with Gasteiger partial charge in [0, 0.05) is 41.5 Å². The molecule has 2 N–H and O–H groups in total. The SMILES string of the molecule is CC(=O)Nc1ccc(OCCCCOc2ccc3c4ccccc4n(CCC(=O)O)c3c2)cc1. The Kier molecular flexibility index (Phi) is 7.32. The number of fused-ring (bicyclic) bond motifs is 3. The zero-order valence-corrected chi connectivity index (χ0v) is 19.1. The van der Waals surface area contributed by atoms with Gasteiger partial charge in [0.25, 0.3) is 0 Å². The highest BCUT2D eigenvalue weighted by atomic mass is 16.5. The monoisotopic (exact) mass is 460 g/mol. The molecule has 0 aliphatic carbocycles. The summed E-state index contributed by atoms with van der Waals surface area (Å²) in [6.07, 6.45) is 1.74. The van der Waals surface area contributed by atoms with Crippen LogP contribution in [0.25, 0.3) is 21.8 Å². The summed E-state index contributed by atoms with van der Waals surface area (Å²) < 4.78 is 13.8. The van der Waals surface area contributed by atoms with E-state index < -0.39 is 5.97 Å². The van der Waals surface area contributed by atoms with Gasteiger partial charge in [-0.15, -0.1) is 0 Å². The molecule has 1 heterocycles. The van der Waals surface area contributed by atoms with E-state index in [9.17, 15) is 9.59 Å². The zero-order chi connectivity index (χ0) is 23.9. The van der Waals surface area contributed by atoms with E-state index in [1.807, 2.05) is 60.7 Å². The normalized spacial score (nSPS) is 11.0. The van der Waals surface area contributed by atoms with Gasteiger partial charge in [0.15, 0.2) is 0 Å². The van der Waals surface area contributed by atoms with Crippen molar-refractivity contribution in [2.75, 3.05) is 18.5 Å². The summed E-state index contributed by atoms with van der Waals surface area (Å²) in [6, 6.07) is 21.3. The molecular formula is C27H28N2O5. The molecule has 3 aromatic carbocycles. The van der Waals surface area contributed by atoms with Crippen molar-refractivity contribution in [1.82, 2.24) is 4.57 Å². The second kappa shape index (κ2) is 10.7. The molecular weight excluding hydrogens is 432 g/mol. The number of hydrogen-bond acceptors (Lipinski definition) is 4. The summed E-state index contributed by atoms with van der Waals surface area (Å²) in [7, 11) is 0. The van der Waals surface area contributed by atoms with E-state index in [0.29, 0.717) is 19.8 Å². The number of aromatic nitrogens is 1. The lowest BCUT2D eigenvalue weighted by Crippen LogP contribution is -2.06. The van der Waals surface area contributed by atoms with E-state index in [-0.39, 0.29) is 12.3 Å². The van der Waals surface area contributed by atoms with Crippen LogP contribution in [0.3, 0.4) is 0 Å². The van der Waals surface area contributed by atoms with Crippen LogP contribution in [0.1, 0.15) is 26.2 Å². The number of amides is 1. The Labute approximate surface area is 197 Å². The first-order valence-corrected chi connectivity index (χ1v) is 11.4. The summed E-state index contributed by atoms with van der Waals surface area (Å²) >= 11 is 0. The smallest absolute Gasteiger partial charge is 0.305 e. The highest BCUT2D eigenvalue weighted by molar-refractivity contribution is 6.08. The molecule has 0 saturated heterocycles. The number of carbonyl (C=O) groups excluding carboxylic acids is 1. The van der Waals surface area contributed by atoms with Gasteiger partial charge in [-0.25, -0.2) is 0 Å². The van der Waals surface area contributed by atoms with E-state index in [1.165, 1.54) is 6.92 Å². The molecule has 0 aliphatic heterocycles. The van der Waals surface area contributed by atoms with E-state index >= 15 is 0 Å². The van der Waals surface area contributed by atoms with Crippen molar-refractivity contribution < 1.29 is 24.2 Å². The molecule has 7 nitrogen and oxygen atoms in total. The van der Waals surface area contributed by atoms with Crippen LogP contribution < -0.4 is 14.8 Å². The molecule has 0 aliphatic rings. The fraction of sp³-hybridized carbons (Fsp3) is 0.259. The van der Waals surface area contributed by atoms with Crippen molar-refractivity contribution >= 4 is 39.4 Å². The number of hydrogen-bond donors (Lipinski definition) is 2. The van der Waals surface area contributed by atoms with Gasteiger partial charge in [-0.2, -0.15) is 0 Å². The predicted molar refractivity (Wildman–Crippen MR) is 133 cm³/mol. The van der Waals surface area contributed by atoms with Crippen molar-refractivity contribution in [3.63, 3.8) is 0 Å². The Morgan fingerprint density at radius 2 is 1.50 bits per heavy atom. The molecule has 4 rings (SSSR count). The number of nitrogens with zero attached hydrogens (tertiary/aromatic N) is 1. The number of carboxylic acids is 1. The van der Waals surface area contributed by atoms with Crippen LogP contribution in [0.2, 0.25) is 0 Å². The number of benzene rings is 3. The Morgan fingerprint density at radius 3 is 2.21 bits per heavy atom. The van der Waals surface area contributed by atoms with Crippen LogP contribution in [0.4, 0.5) is 5.69 Å². The lowest BCUT2D eigenvalue weighted by atomic mass is 10.1. The van der Waals surface area contributed by atoms with E-state index in [2.05, 4.69) is 16.0 Å². The van der Waals surface area contributed by atoms with Gasteiger partial charge in [-0.05, 0) is 55.3 Å². The molecule has 1 aromatic heterocycles. The molecule has 1 amide bonds. The number of nitrogens with one attached hydrogen (secondary N) is 1. The minimum atomic E-state index is -0.816. The van der Waals surface area contributed by atoms with Crippen molar-refractivity contribution in [1.29, 1.82) is 0 Å². The molecule has 0 spiro atoms. The van der Waals surface area contributed by atoms with Gasteiger partial charge < -0.3 is 24.5 Å². The average molecular weight is 461 g/mol. The van der Waals surface area contributed by atoms with E-state index in [1.54, 1.807) is 0 Å². The maximum absolute atomic E-state index is 11.1. The first-order chi connectivity index (χ1) is 16.5. The third kappa shape index (κ3) is 5.67. The summed E-state index contributed by atoms with van der Waals surface area (Å²) in [5.41, 5.74) is 2.75. The van der Waals surface area contributed by atoms with Crippen molar-refractivity contribution in [2.45, 2.75) is 32.7 Å². The topological polar surface area (TPSA) is 89.8 Å². The zero-order valence-electron chi connectivity index (χ0n) is 19.1. The largest absolute Gasteiger partial charge is 0.494 e. The lowest BCUT2D eigenvalue weighted by molar-refractivity contribution is -0.137. The van der Waals surface area contributed by atoms with Gasteiger partial charge in [0.05, 0.1) is 25.2 Å². The molecule has 34 heavy (non-hydrogen) atoms. The molecule has 176 valence electrons. The lowest BCUT2D eigenvalue weighted by Gasteiger charge is -2.10. The highest BCUT2D eigenvalue weighted by Gasteiger charge is 2.12. The fourth-order valence-corrected chi connectivity index (χ4v) is 3.99. The number of carbonyl (C=O) groups is 2. The van der Waals surface area contributed by atoms with Crippen LogP contribution in [0, 0.1) is 0 Å². The second-order valence-electron chi connectivity index (χ2n) is 8.10. The van der Waals surface area contributed by atoms with E-state index in [0.717, 1.165) is 51.8 Å². The first-order valence-electron chi connectivity index (χ1n) is 11.4. The maximum atomic E-state index is 11.1. The highest BCUT2D eigenvalue weighted by Crippen LogP contribution is 2.32. The number of unbranched alkanes of at least 4 members (excludes halogenated alkanes) is 1. The van der Waals surface area contributed by atoms with Gasteiger partial charge >= 0.3 is 5.97 Å². The van der Waals surface area contributed by atoms with Crippen LogP contribution in [-0.4, -0.2) is 34.8 Å². The standard InChI is InChI=1S/C27H28N2O5/c1-19(30)28-20-8-10-21(11-9-20)33-16-4-5-17-34-22-12-13-24-23-6-2-3-7-25(23)29(26(24)18-22)15-14-27(31)32/h2-3,6-13,18H,4-5,14-17H2,1H3,(H,28,30)(H,31,32). The molecule has 0 fully saturated rings. The van der Waals surface area contributed by atoms with Crippen molar-refractivity contribution in [2.24, 2.45) is 0 Å². The second-order valence-corrected chi connectivity index (χ2v) is 8.10. The Bertz CT molecular complexity index is 1290. The van der Waals surface area contributed by atoms with Gasteiger partial charge in [0.2, 0.25) is 5.91 Å². The summed E-state index contributed by atoms with van der Waals surface area (Å²) in [5.74, 6) is 0.606. The summed E-state index contributed by atoms with van der Waals surface area (Å²) in [4.78, 5) is 22.2. The van der Waals surface area contributed by atoms with E-state index in [4.69, 9.17) is 14.6 Å². The quantitative estimate of drug-likeness (QED) is 0.290. The van der Waals surface area contributed by atoms with Crippen LogP contribution >= 0.6 is 0 Å². The molecule has 0 bridgehead atoms. The Balaban J connectivity index is 1.31. The number of anilines is 1. The summed E-state index contributed by atoms with van der Waals surface area (Å²) in [5, 5.41) is 14.1. The fourth-order valence-electron chi connectivity index (χ4n) is 3.99. The van der Waals surface area contributed by atoms with Crippen molar-refractivity contribution in [3.05, 3.63) is 66.7 Å². The number of aliphatic carboxylic acids is 1. The number of ether oxygens (including phenoxy) is 2. The van der Waals surface area contributed by atoms with Crippen molar-refractivity contribution in [3.8, 4) is 11.5 Å². The predicted octanol–water partition coefficient (Wildman–Crippen LogP) is 5.47. The minimum Gasteiger partial charge on any atom is -0.494 e. The number of rotatable bonds is 11. The van der Waals surface area contributed by atoms with Gasteiger partial charge in [-0.3, -0.25) is 9.59 Å². The van der Waals surface area contributed by atoms with Crippen LogP contribution in [0.15, 0.2) is 66.7 Å². The van der Waals surface area contributed by atoms with Crippen LogP contribution in [-0.2, 0) is 16.1 Å². The molecule has 0 radical (unpaired) electrons. The van der Waals surface area contributed by atoms with Gasteiger partial charge in [0.1, 0.15) is 11.5 Å². The Hall–Kier alpha value is -4.00. The molecule has 4 aromatic rings. The number of carboxylic acid groups (broad SMARTS) is 1. The third-order valence-electron chi connectivity index (χ3n) is 5.55. The summed E-state index contributed by atoms with van der Waals surface area (Å²) in [6.45, 7) is 3.02. The first kappa shape index (κ1) is 23.2. The molecule has 7 heteroatoms. The maximum Gasteiger partial charge on any atom is 0.305 e.